The van der Waals surface area contributed by atoms with Gasteiger partial charge in [-0.25, -0.2) is 0 Å². The largest absolute Gasteiger partial charge is 0.446 e. The number of halogens is 3. The monoisotopic (exact) mass is 289 g/mol. The average molecular weight is 289 g/mol. The van der Waals surface area contributed by atoms with Gasteiger partial charge in [0.15, 0.2) is 0 Å². The van der Waals surface area contributed by atoms with Crippen LogP contribution in [0.2, 0.25) is 0 Å². The smallest absolute Gasteiger partial charge is 0.312 e. The second-order valence-electron chi connectivity index (χ2n) is 5.15. The Hall–Kier alpha value is -0.680. The van der Waals surface area contributed by atoms with Crippen molar-refractivity contribution in [3.05, 3.63) is 29.8 Å². The summed E-state index contributed by atoms with van der Waals surface area (Å²) >= 11 is -0.0692. The lowest BCUT2D eigenvalue weighted by Gasteiger charge is -2.13. The Bertz CT molecular complexity index is 410. The lowest BCUT2D eigenvalue weighted by Crippen LogP contribution is -2.23. The lowest BCUT2D eigenvalue weighted by atomic mass is 10.0. The molecule has 0 aromatic heterocycles. The first-order chi connectivity index (χ1) is 8.92. The molecule has 5 heteroatoms. The molecule has 1 saturated carbocycles. The number of thioether (sulfide) groups is 1. The van der Waals surface area contributed by atoms with E-state index in [2.05, 4.69) is 12.2 Å². The van der Waals surface area contributed by atoms with E-state index in [1.165, 1.54) is 31.4 Å². The molecule has 1 nitrogen and oxygen atoms in total. The highest BCUT2D eigenvalue weighted by atomic mass is 32.2. The third-order valence-electron chi connectivity index (χ3n) is 3.69. The molecule has 2 rings (SSSR count). The molecule has 1 fully saturated rings. The number of hydrogen-bond donors (Lipinski definition) is 1. The fraction of sp³-hybridized carbons (Fsp3) is 0.571. The maximum atomic E-state index is 12.2. The van der Waals surface area contributed by atoms with Crippen LogP contribution in [0.15, 0.2) is 29.2 Å². The summed E-state index contributed by atoms with van der Waals surface area (Å²) in [6.45, 7) is 3.93. The summed E-state index contributed by atoms with van der Waals surface area (Å²) in [7, 11) is 0. The first-order valence-corrected chi connectivity index (χ1v) is 7.30. The molecule has 106 valence electrons. The van der Waals surface area contributed by atoms with Gasteiger partial charge in [-0.05, 0) is 54.1 Å². The molecule has 1 aromatic carbocycles. The molecule has 1 N–H and O–H groups in total. The molecule has 0 amide bonds. The number of benzene rings is 1. The zero-order chi connectivity index (χ0) is 13.9. The zero-order valence-corrected chi connectivity index (χ0v) is 11.7. The van der Waals surface area contributed by atoms with Crippen LogP contribution in [0.4, 0.5) is 13.2 Å². The Kier molecular flexibility index (Phi) is 4.46. The normalized spacial score (nSPS) is 17.5. The van der Waals surface area contributed by atoms with Crippen molar-refractivity contribution in [2.75, 3.05) is 6.54 Å². The summed E-state index contributed by atoms with van der Waals surface area (Å²) in [5.74, 6) is 0. The molecule has 0 heterocycles. The van der Waals surface area contributed by atoms with Crippen molar-refractivity contribution in [3.8, 4) is 0 Å². The quantitative estimate of drug-likeness (QED) is 0.769. The topological polar surface area (TPSA) is 12.0 Å². The van der Waals surface area contributed by atoms with Crippen LogP contribution in [0.25, 0.3) is 0 Å². The van der Waals surface area contributed by atoms with Crippen molar-refractivity contribution in [2.45, 2.75) is 43.1 Å². The highest BCUT2D eigenvalue weighted by Crippen LogP contribution is 2.47. The zero-order valence-electron chi connectivity index (χ0n) is 10.9. The molecule has 19 heavy (non-hydrogen) atoms. The Morgan fingerprint density at radius 3 is 2.32 bits per heavy atom. The second kappa shape index (κ2) is 5.75. The first-order valence-electron chi connectivity index (χ1n) is 6.48. The molecule has 0 radical (unpaired) electrons. The van der Waals surface area contributed by atoms with E-state index in [-0.39, 0.29) is 16.7 Å². The minimum absolute atomic E-state index is 0.0692. The molecule has 0 spiro atoms. The lowest BCUT2D eigenvalue weighted by molar-refractivity contribution is -0.0328. The van der Waals surface area contributed by atoms with Crippen molar-refractivity contribution in [1.29, 1.82) is 0 Å². The van der Waals surface area contributed by atoms with Gasteiger partial charge in [0.25, 0.3) is 0 Å². The van der Waals surface area contributed by atoms with Gasteiger partial charge in [-0.15, -0.1) is 0 Å². The maximum Gasteiger partial charge on any atom is 0.446 e. The van der Waals surface area contributed by atoms with E-state index in [1.807, 2.05) is 0 Å². The van der Waals surface area contributed by atoms with Crippen molar-refractivity contribution in [2.24, 2.45) is 5.41 Å². The third kappa shape index (κ3) is 4.73. The van der Waals surface area contributed by atoms with Gasteiger partial charge in [0.1, 0.15) is 0 Å². The average Bonchev–Trinajstić information content (AvgIpc) is 3.10. The van der Waals surface area contributed by atoms with E-state index in [0.29, 0.717) is 5.41 Å². The molecular weight excluding hydrogens is 271 g/mol. The van der Waals surface area contributed by atoms with Gasteiger partial charge in [0.05, 0.1) is 0 Å². The van der Waals surface area contributed by atoms with Gasteiger partial charge in [0.2, 0.25) is 0 Å². The SMILES string of the molecule is CCC1(CNCc2ccc(SC(F)(F)F)cc2)CC1. The van der Waals surface area contributed by atoms with Crippen LogP contribution in [-0.4, -0.2) is 12.1 Å². The number of rotatable bonds is 6. The Labute approximate surface area is 116 Å². The molecule has 0 aliphatic heterocycles. The fourth-order valence-corrected chi connectivity index (χ4v) is 2.65. The highest BCUT2D eigenvalue weighted by molar-refractivity contribution is 8.00. The predicted octanol–water partition coefficient (Wildman–Crippen LogP) is 4.58. The van der Waals surface area contributed by atoms with Crippen LogP contribution in [-0.2, 0) is 6.54 Å². The van der Waals surface area contributed by atoms with Crippen LogP contribution < -0.4 is 5.32 Å². The molecule has 0 bridgehead atoms. The number of nitrogens with one attached hydrogen (secondary N) is 1. The fourth-order valence-electron chi connectivity index (χ4n) is 2.11. The standard InChI is InChI=1S/C14H18F3NS/c1-2-13(7-8-13)10-18-9-11-3-5-12(6-4-11)19-14(15,16)17/h3-6,18H,2,7-10H2,1H3. The third-order valence-corrected chi connectivity index (χ3v) is 4.43. The minimum Gasteiger partial charge on any atom is -0.312 e. The predicted molar refractivity (Wildman–Crippen MR) is 72.0 cm³/mol. The van der Waals surface area contributed by atoms with E-state index in [9.17, 15) is 13.2 Å². The van der Waals surface area contributed by atoms with Crippen molar-refractivity contribution in [3.63, 3.8) is 0 Å². The second-order valence-corrected chi connectivity index (χ2v) is 6.29. The molecule has 1 aliphatic rings. The molecule has 1 aromatic rings. The van der Waals surface area contributed by atoms with Crippen LogP contribution >= 0.6 is 11.8 Å². The Balaban J connectivity index is 1.79. The van der Waals surface area contributed by atoms with Crippen molar-refractivity contribution >= 4 is 11.8 Å². The summed E-state index contributed by atoms with van der Waals surface area (Å²) in [5, 5.41) is 3.39. The Morgan fingerprint density at radius 2 is 1.84 bits per heavy atom. The van der Waals surface area contributed by atoms with E-state index >= 15 is 0 Å². The summed E-state index contributed by atoms with van der Waals surface area (Å²) in [5.41, 5.74) is -2.69. The summed E-state index contributed by atoms with van der Waals surface area (Å²) < 4.78 is 36.5. The molecule has 0 saturated heterocycles. The molecular formula is C14H18F3NS. The molecule has 0 unspecified atom stereocenters. The van der Waals surface area contributed by atoms with Crippen molar-refractivity contribution < 1.29 is 13.2 Å². The van der Waals surface area contributed by atoms with Crippen LogP contribution in [0.5, 0.6) is 0 Å². The molecule has 0 atom stereocenters. The minimum atomic E-state index is -4.21. The highest BCUT2D eigenvalue weighted by Gasteiger charge is 2.39. The van der Waals surface area contributed by atoms with Gasteiger partial charge < -0.3 is 5.32 Å². The summed E-state index contributed by atoms with van der Waals surface area (Å²) in [4.78, 5) is 0.239. The maximum absolute atomic E-state index is 12.2. The van der Waals surface area contributed by atoms with Crippen molar-refractivity contribution in [1.82, 2.24) is 5.32 Å². The van der Waals surface area contributed by atoms with Gasteiger partial charge in [-0.2, -0.15) is 13.2 Å². The molecule has 1 aliphatic carbocycles. The van der Waals surface area contributed by atoms with Gasteiger partial charge >= 0.3 is 5.51 Å². The van der Waals surface area contributed by atoms with Gasteiger partial charge in [-0.1, -0.05) is 19.1 Å². The van der Waals surface area contributed by atoms with Crippen LogP contribution in [0.1, 0.15) is 31.7 Å². The Morgan fingerprint density at radius 1 is 1.21 bits per heavy atom. The van der Waals surface area contributed by atoms with Gasteiger partial charge in [-0.3, -0.25) is 0 Å². The number of alkyl halides is 3. The van der Waals surface area contributed by atoms with E-state index in [1.54, 1.807) is 12.1 Å². The summed E-state index contributed by atoms with van der Waals surface area (Å²) in [6.07, 6.45) is 3.77. The number of hydrogen-bond acceptors (Lipinski definition) is 2. The van der Waals surface area contributed by atoms with Gasteiger partial charge in [0, 0.05) is 18.0 Å². The van der Waals surface area contributed by atoms with Crippen LogP contribution in [0.3, 0.4) is 0 Å². The van der Waals surface area contributed by atoms with E-state index < -0.39 is 5.51 Å². The van der Waals surface area contributed by atoms with E-state index in [4.69, 9.17) is 0 Å². The first kappa shape index (κ1) is 14.7. The summed E-state index contributed by atoms with van der Waals surface area (Å²) in [6, 6.07) is 6.57. The van der Waals surface area contributed by atoms with Crippen LogP contribution in [0, 0.1) is 5.41 Å². The van der Waals surface area contributed by atoms with E-state index in [0.717, 1.165) is 18.7 Å².